The van der Waals surface area contributed by atoms with Crippen molar-refractivity contribution in [2.24, 2.45) is 5.73 Å². The normalized spacial score (nSPS) is 21.1. The minimum Gasteiger partial charge on any atom is -0.346 e. The average molecular weight is 243 g/mol. The van der Waals surface area contributed by atoms with E-state index in [1.54, 1.807) is 0 Å². The van der Waals surface area contributed by atoms with Crippen LogP contribution in [0.3, 0.4) is 0 Å². The zero-order valence-corrected chi connectivity index (χ0v) is 10.2. The highest BCUT2D eigenvalue weighted by Crippen LogP contribution is 2.27. The highest BCUT2D eigenvalue weighted by Gasteiger charge is 2.26. The Morgan fingerprint density at radius 1 is 1.44 bits per heavy atom. The molecule has 1 aliphatic heterocycles. The van der Waals surface area contributed by atoms with E-state index in [2.05, 4.69) is 9.97 Å². The molecule has 90 valence electrons. The molecule has 2 heterocycles. The average Bonchev–Trinajstić information content (AvgIpc) is 2.59. The topological polar surface area (TPSA) is 88.8 Å². The third-order valence-electron chi connectivity index (χ3n) is 3.14. The molecule has 0 saturated carbocycles. The highest BCUT2D eigenvalue weighted by atomic mass is 32.2. The van der Waals surface area contributed by atoms with Gasteiger partial charge in [0, 0.05) is 18.2 Å². The second kappa shape index (κ2) is 4.18. The molecule has 16 heavy (non-hydrogen) atoms. The van der Waals surface area contributed by atoms with E-state index < -0.39 is 9.84 Å². The van der Waals surface area contributed by atoms with Gasteiger partial charge in [-0.1, -0.05) is 0 Å². The summed E-state index contributed by atoms with van der Waals surface area (Å²) in [6.07, 6.45) is 1.33. The Morgan fingerprint density at radius 2 is 2.06 bits per heavy atom. The van der Waals surface area contributed by atoms with E-state index in [-0.39, 0.29) is 17.4 Å². The lowest BCUT2D eigenvalue weighted by Gasteiger charge is -2.19. The Labute approximate surface area is 95.4 Å². The van der Waals surface area contributed by atoms with Crippen LogP contribution in [0, 0.1) is 6.92 Å². The van der Waals surface area contributed by atoms with Crippen LogP contribution in [0.5, 0.6) is 0 Å². The molecule has 0 aromatic carbocycles. The molecule has 1 aromatic rings. The summed E-state index contributed by atoms with van der Waals surface area (Å²) in [5.41, 5.74) is 7.43. The minimum absolute atomic E-state index is 0.238. The first kappa shape index (κ1) is 11.6. The van der Waals surface area contributed by atoms with E-state index in [4.69, 9.17) is 5.73 Å². The number of nitrogens with zero attached hydrogens (tertiary/aromatic N) is 1. The zero-order valence-electron chi connectivity index (χ0n) is 9.36. The smallest absolute Gasteiger partial charge is 0.150 e. The maximum absolute atomic E-state index is 11.3. The van der Waals surface area contributed by atoms with Crippen LogP contribution in [0.4, 0.5) is 0 Å². The van der Waals surface area contributed by atoms with E-state index in [0.29, 0.717) is 19.4 Å². The Bertz CT molecular complexity index is 464. The molecule has 2 rings (SSSR count). The van der Waals surface area contributed by atoms with Gasteiger partial charge in [0.1, 0.15) is 15.7 Å². The zero-order chi connectivity index (χ0) is 11.8. The lowest BCUT2D eigenvalue weighted by atomic mass is 10.0. The van der Waals surface area contributed by atoms with Crippen LogP contribution in [-0.2, 0) is 16.4 Å². The molecule has 1 fully saturated rings. The summed E-state index contributed by atoms with van der Waals surface area (Å²) in [4.78, 5) is 7.63. The number of hydrogen-bond acceptors (Lipinski definition) is 4. The van der Waals surface area contributed by atoms with Crippen molar-refractivity contribution in [2.75, 3.05) is 11.5 Å². The summed E-state index contributed by atoms with van der Waals surface area (Å²) in [5.74, 6) is 1.68. The number of hydrogen-bond donors (Lipinski definition) is 2. The van der Waals surface area contributed by atoms with Crippen molar-refractivity contribution in [3.63, 3.8) is 0 Å². The van der Waals surface area contributed by atoms with Crippen molar-refractivity contribution in [2.45, 2.75) is 32.2 Å². The number of aromatic amines is 1. The van der Waals surface area contributed by atoms with E-state index in [9.17, 15) is 8.42 Å². The molecule has 3 N–H and O–H groups in total. The van der Waals surface area contributed by atoms with Gasteiger partial charge in [-0.25, -0.2) is 13.4 Å². The van der Waals surface area contributed by atoms with E-state index in [1.165, 1.54) is 0 Å². The van der Waals surface area contributed by atoms with Gasteiger partial charge in [0.2, 0.25) is 0 Å². The second-order valence-corrected chi connectivity index (χ2v) is 6.63. The fourth-order valence-corrected chi connectivity index (χ4v) is 3.57. The lowest BCUT2D eigenvalue weighted by molar-refractivity contribution is 0.539. The third-order valence-corrected chi connectivity index (χ3v) is 4.85. The largest absolute Gasteiger partial charge is 0.346 e. The number of H-pyrrole nitrogens is 1. The fraction of sp³-hybridized carbons (Fsp3) is 0.700. The van der Waals surface area contributed by atoms with Gasteiger partial charge in [-0.3, -0.25) is 0 Å². The molecular formula is C10H17N3O2S. The summed E-state index contributed by atoms with van der Waals surface area (Å²) in [7, 11) is -2.80. The Morgan fingerprint density at radius 3 is 2.56 bits per heavy atom. The van der Waals surface area contributed by atoms with Crippen LogP contribution in [0.15, 0.2) is 0 Å². The number of nitrogens with two attached hydrogens (primary N) is 1. The van der Waals surface area contributed by atoms with Crippen molar-refractivity contribution < 1.29 is 8.42 Å². The van der Waals surface area contributed by atoms with Crippen LogP contribution in [0.1, 0.15) is 36.0 Å². The third kappa shape index (κ3) is 2.27. The Hall–Kier alpha value is -0.880. The summed E-state index contributed by atoms with van der Waals surface area (Å²) in [6, 6.07) is 0. The standard InChI is InChI=1S/C10H17N3O2S/c1-7-9(6-11)13-10(12-7)8-2-4-16(14,15)5-3-8/h8H,2-6,11H2,1H3,(H,12,13). The molecular weight excluding hydrogens is 226 g/mol. The fourth-order valence-electron chi connectivity index (χ4n) is 2.08. The van der Waals surface area contributed by atoms with Gasteiger partial charge in [0.15, 0.2) is 0 Å². The van der Waals surface area contributed by atoms with E-state index >= 15 is 0 Å². The van der Waals surface area contributed by atoms with Crippen molar-refractivity contribution in [1.82, 2.24) is 9.97 Å². The molecule has 1 aromatic heterocycles. The predicted octanol–water partition coefficient (Wildman–Crippen LogP) is 0.469. The number of aromatic nitrogens is 2. The molecule has 0 amide bonds. The Kier molecular flexibility index (Phi) is 3.03. The summed E-state index contributed by atoms with van der Waals surface area (Å²) in [6.45, 7) is 2.37. The van der Waals surface area contributed by atoms with Crippen LogP contribution < -0.4 is 5.73 Å². The van der Waals surface area contributed by atoms with Crippen molar-refractivity contribution >= 4 is 9.84 Å². The van der Waals surface area contributed by atoms with E-state index in [1.807, 2.05) is 6.92 Å². The predicted molar refractivity (Wildman–Crippen MR) is 61.8 cm³/mol. The first-order chi connectivity index (χ1) is 7.52. The number of imidazole rings is 1. The molecule has 0 bridgehead atoms. The number of nitrogens with one attached hydrogen (secondary N) is 1. The first-order valence-electron chi connectivity index (χ1n) is 5.47. The lowest BCUT2D eigenvalue weighted by Crippen LogP contribution is -2.22. The summed E-state index contributed by atoms with van der Waals surface area (Å²) < 4.78 is 22.6. The molecule has 1 aliphatic rings. The minimum atomic E-state index is -2.80. The number of aryl methyl sites for hydroxylation is 1. The highest BCUT2D eigenvalue weighted by molar-refractivity contribution is 7.91. The van der Waals surface area contributed by atoms with Crippen LogP contribution in [0.2, 0.25) is 0 Å². The molecule has 0 unspecified atom stereocenters. The second-order valence-electron chi connectivity index (χ2n) is 4.32. The van der Waals surface area contributed by atoms with Crippen LogP contribution >= 0.6 is 0 Å². The van der Waals surface area contributed by atoms with Crippen molar-refractivity contribution in [1.29, 1.82) is 0 Å². The van der Waals surface area contributed by atoms with Gasteiger partial charge in [-0.05, 0) is 19.8 Å². The van der Waals surface area contributed by atoms with Gasteiger partial charge >= 0.3 is 0 Å². The molecule has 6 heteroatoms. The number of rotatable bonds is 2. The van der Waals surface area contributed by atoms with E-state index in [0.717, 1.165) is 17.2 Å². The monoisotopic (exact) mass is 243 g/mol. The van der Waals surface area contributed by atoms with Crippen molar-refractivity contribution in [3.05, 3.63) is 17.2 Å². The maximum Gasteiger partial charge on any atom is 0.150 e. The maximum atomic E-state index is 11.3. The van der Waals surface area contributed by atoms with Crippen molar-refractivity contribution in [3.8, 4) is 0 Å². The van der Waals surface area contributed by atoms with Crippen LogP contribution in [-0.4, -0.2) is 29.9 Å². The SMILES string of the molecule is Cc1[nH]c(C2CCS(=O)(=O)CC2)nc1CN. The summed E-state index contributed by atoms with van der Waals surface area (Å²) >= 11 is 0. The van der Waals surface area contributed by atoms with Gasteiger partial charge < -0.3 is 10.7 Å². The summed E-state index contributed by atoms with van der Waals surface area (Å²) in [5, 5.41) is 0. The molecule has 0 aliphatic carbocycles. The quantitative estimate of drug-likeness (QED) is 0.790. The molecule has 0 radical (unpaired) electrons. The van der Waals surface area contributed by atoms with Gasteiger partial charge in [-0.2, -0.15) is 0 Å². The molecule has 5 nitrogen and oxygen atoms in total. The Balaban J connectivity index is 2.14. The first-order valence-corrected chi connectivity index (χ1v) is 7.30. The molecule has 1 saturated heterocycles. The van der Waals surface area contributed by atoms with Gasteiger partial charge in [-0.15, -0.1) is 0 Å². The number of sulfone groups is 1. The van der Waals surface area contributed by atoms with Crippen LogP contribution in [0.25, 0.3) is 0 Å². The van der Waals surface area contributed by atoms with Gasteiger partial charge in [0.25, 0.3) is 0 Å². The molecule has 0 spiro atoms. The molecule has 0 atom stereocenters. The van der Waals surface area contributed by atoms with Gasteiger partial charge in [0.05, 0.1) is 17.2 Å².